The van der Waals surface area contributed by atoms with Crippen molar-refractivity contribution < 1.29 is 17.6 Å². The summed E-state index contributed by atoms with van der Waals surface area (Å²) in [6.07, 6.45) is 0. The normalized spacial score (nSPS) is 12.6. The van der Waals surface area contributed by atoms with Crippen molar-refractivity contribution in [3.63, 3.8) is 0 Å². The van der Waals surface area contributed by atoms with Crippen molar-refractivity contribution in [2.45, 2.75) is 19.3 Å². The maximum Gasteiger partial charge on any atom is 0.186 e. The Bertz CT molecular complexity index is 3410. The highest BCUT2D eigenvalue weighted by Crippen LogP contribution is 2.51. The van der Waals surface area contributed by atoms with Gasteiger partial charge in [0.1, 0.15) is 5.69 Å². The summed E-state index contributed by atoms with van der Waals surface area (Å²) in [5.74, 6) is -6.02. The fourth-order valence-corrected chi connectivity index (χ4v) is 9.73. The van der Waals surface area contributed by atoms with Crippen molar-refractivity contribution >= 4 is 55.7 Å². The Balaban J connectivity index is 1.03. The van der Waals surface area contributed by atoms with Crippen molar-refractivity contribution in [3.8, 4) is 33.4 Å². The number of halogens is 4. The summed E-state index contributed by atoms with van der Waals surface area (Å²) in [7, 11) is 0. The Morgan fingerprint density at radius 1 is 0.354 bits per heavy atom. The molecule has 0 fully saturated rings. The van der Waals surface area contributed by atoms with Crippen LogP contribution in [0.1, 0.15) is 25.0 Å². The molecule has 1 aliphatic rings. The first-order valence-corrected chi connectivity index (χ1v) is 21.6. The molecule has 6 heteroatoms. The molecule has 0 saturated carbocycles. The van der Waals surface area contributed by atoms with Crippen LogP contribution in [0.3, 0.4) is 0 Å². The van der Waals surface area contributed by atoms with Gasteiger partial charge in [-0.2, -0.15) is 0 Å². The molecule has 10 aromatic rings. The number of nitrogens with zero attached hydrogens (tertiary/aromatic N) is 2. The highest BCUT2D eigenvalue weighted by atomic mass is 19.2. The average molecular weight is 853 g/mol. The molecule has 0 bridgehead atoms. The van der Waals surface area contributed by atoms with Gasteiger partial charge in [0.15, 0.2) is 23.3 Å². The van der Waals surface area contributed by atoms with Gasteiger partial charge in [-0.05, 0) is 98.2 Å². The van der Waals surface area contributed by atoms with Crippen LogP contribution in [0.15, 0.2) is 206 Å². The van der Waals surface area contributed by atoms with Crippen molar-refractivity contribution in [3.05, 3.63) is 241 Å². The van der Waals surface area contributed by atoms with E-state index < -0.39 is 34.5 Å². The van der Waals surface area contributed by atoms with Gasteiger partial charge in [-0.1, -0.05) is 172 Å². The van der Waals surface area contributed by atoms with E-state index >= 15 is 17.6 Å². The topological polar surface area (TPSA) is 6.48 Å². The fourth-order valence-electron chi connectivity index (χ4n) is 9.73. The number of hydrogen-bond acceptors (Lipinski definition) is 2. The molecule has 1 aliphatic carbocycles. The van der Waals surface area contributed by atoms with Crippen LogP contribution in [-0.4, -0.2) is 0 Å². The Kier molecular flexibility index (Phi) is 9.62. The van der Waals surface area contributed by atoms with Crippen LogP contribution in [-0.2, 0) is 5.41 Å². The maximum atomic E-state index is 17.0. The van der Waals surface area contributed by atoms with Crippen molar-refractivity contribution in [1.29, 1.82) is 0 Å². The second-order valence-corrected chi connectivity index (χ2v) is 17.0. The molecule has 0 spiro atoms. The van der Waals surface area contributed by atoms with Crippen LogP contribution >= 0.6 is 0 Å². The average Bonchev–Trinajstić information content (AvgIpc) is 3.58. The molecule has 0 atom stereocenters. The highest BCUT2D eigenvalue weighted by molar-refractivity contribution is 6.01. The zero-order chi connectivity index (χ0) is 44.4. The van der Waals surface area contributed by atoms with E-state index in [9.17, 15) is 0 Å². The quantitative estimate of drug-likeness (QED) is 0.111. The molecule has 0 amide bonds. The summed E-state index contributed by atoms with van der Waals surface area (Å²) >= 11 is 0. The Hall–Kier alpha value is -7.96. The second-order valence-electron chi connectivity index (χ2n) is 17.0. The number of hydrogen-bond donors (Lipinski definition) is 0. The monoisotopic (exact) mass is 852 g/mol. The van der Waals surface area contributed by atoms with Gasteiger partial charge in [-0.25, -0.2) is 17.6 Å². The molecule has 0 saturated heterocycles. The predicted octanol–water partition coefficient (Wildman–Crippen LogP) is 17.1. The van der Waals surface area contributed by atoms with Gasteiger partial charge in [-0.15, -0.1) is 0 Å². The third kappa shape index (κ3) is 6.55. The van der Waals surface area contributed by atoms with Crippen molar-refractivity contribution in [1.82, 2.24) is 0 Å². The standard InChI is InChI=1S/C59H40F4N2/c1-59(2)49-23-11-10-22-47(49)48-35-34-44(36-50(48)59)64(51-24-12-18-39-16-6-8-20-45(39)51)42-32-28-41(29-33-42)53-54(60)56(62)58(57(63)55(53)61)65(52-25-13-19-40-17-7-9-21-46(40)52)43-30-26-38(27-31-43)37-14-4-3-5-15-37/h3-36H,1-2H3. The molecule has 0 heterocycles. The van der Waals surface area contributed by atoms with E-state index in [4.69, 9.17) is 0 Å². The SMILES string of the molecule is CC1(C)c2ccccc2-c2ccc(N(c3ccc(-c4c(F)c(F)c(N(c5ccc(-c6ccccc6)cc5)c5cccc6ccccc56)c(F)c4F)cc3)c3cccc4ccccc34)cc21. The van der Waals surface area contributed by atoms with Crippen LogP contribution in [0.2, 0.25) is 0 Å². The summed E-state index contributed by atoms with van der Waals surface area (Å²) in [4.78, 5) is 3.38. The van der Waals surface area contributed by atoms with E-state index in [1.165, 1.54) is 39.3 Å². The first kappa shape index (κ1) is 39.9. The highest BCUT2D eigenvalue weighted by Gasteiger charge is 2.36. The molecule has 314 valence electrons. The largest absolute Gasteiger partial charge is 0.310 e. The molecule has 0 aliphatic heterocycles. The van der Waals surface area contributed by atoms with E-state index in [0.717, 1.165) is 38.7 Å². The molecule has 0 unspecified atom stereocenters. The molecule has 0 radical (unpaired) electrons. The van der Waals surface area contributed by atoms with E-state index in [1.54, 1.807) is 36.4 Å². The molecular weight excluding hydrogens is 813 g/mol. The van der Waals surface area contributed by atoms with Crippen molar-refractivity contribution in [2.24, 2.45) is 0 Å². The van der Waals surface area contributed by atoms with E-state index in [-0.39, 0.29) is 11.0 Å². The molecule has 0 N–H and O–H groups in total. The summed E-state index contributed by atoms with van der Waals surface area (Å²) < 4.78 is 67.7. The predicted molar refractivity (Wildman–Crippen MR) is 259 cm³/mol. The number of fused-ring (bicyclic) bond motifs is 5. The Morgan fingerprint density at radius 3 is 1.45 bits per heavy atom. The van der Waals surface area contributed by atoms with Gasteiger partial charge >= 0.3 is 0 Å². The lowest BCUT2D eigenvalue weighted by Gasteiger charge is -2.29. The molecule has 0 aromatic heterocycles. The van der Waals surface area contributed by atoms with Crippen LogP contribution in [0.25, 0.3) is 54.9 Å². The molecule has 10 aromatic carbocycles. The van der Waals surface area contributed by atoms with Crippen molar-refractivity contribution in [2.75, 3.05) is 9.80 Å². The minimum atomic E-state index is -1.51. The lowest BCUT2D eigenvalue weighted by molar-refractivity contribution is 0.461. The van der Waals surface area contributed by atoms with Gasteiger partial charge in [0.25, 0.3) is 0 Å². The third-order valence-corrected chi connectivity index (χ3v) is 13.0. The maximum absolute atomic E-state index is 17.0. The lowest BCUT2D eigenvalue weighted by Crippen LogP contribution is -2.17. The van der Waals surface area contributed by atoms with Gasteiger partial charge in [0.2, 0.25) is 0 Å². The molecule has 2 nitrogen and oxygen atoms in total. The lowest BCUT2D eigenvalue weighted by atomic mass is 9.82. The summed E-state index contributed by atoms with van der Waals surface area (Å²) in [5.41, 5.74) is 7.86. The molecule has 65 heavy (non-hydrogen) atoms. The van der Waals surface area contributed by atoms with Crippen LogP contribution in [0.4, 0.5) is 51.7 Å². The molecule has 11 rings (SSSR count). The minimum Gasteiger partial charge on any atom is -0.310 e. The third-order valence-electron chi connectivity index (χ3n) is 13.0. The smallest absolute Gasteiger partial charge is 0.186 e. The fraction of sp³-hybridized carbons (Fsp3) is 0.0508. The number of benzene rings is 10. The first-order chi connectivity index (χ1) is 31.7. The van der Waals surface area contributed by atoms with Crippen LogP contribution < -0.4 is 9.80 Å². The molecular formula is C59H40F4N2. The zero-order valence-corrected chi connectivity index (χ0v) is 35.5. The summed E-state index contributed by atoms with van der Waals surface area (Å²) in [5, 5.41) is 3.49. The van der Waals surface area contributed by atoms with E-state index in [0.29, 0.717) is 22.4 Å². The van der Waals surface area contributed by atoms with E-state index in [2.05, 4.69) is 79.4 Å². The van der Waals surface area contributed by atoms with Gasteiger partial charge in [0.05, 0.1) is 16.9 Å². The number of anilines is 6. The first-order valence-electron chi connectivity index (χ1n) is 21.6. The summed E-state index contributed by atoms with van der Waals surface area (Å²) in [6.45, 7) is 4.46. The number of rotatable bonds is 8. The van der Waals surface area contributed by atoms with E-state index in [1.807, 2.05) is 97.1 Å². The van der Waals surface area contributed by atoms with Gasteiger partial charge in [-0.3, -0.25) is 0 Å². The van der Waals surface area contributed by atoms with Crippen LogP contribution in [0.5, 0.6) is 0 Å². The van der Waals surface area contributed by atoms with Crippen LogP contribution in [0, 0.1) is 23.3 Å². The summed E-state index contributed by atoms with van der Waals surface area (Å²) in [6, 6.07) is 65.1. The second kappa shape index (κ2) is 15.7. The minimum absolute atomic E-state index is 0.0135. The van der Waals surface area contributed by atoms with Gasteiger partial charge < -0.3 is 9.80 Å². The Morgan fingerprint density at radius 2 is 0.815 bits per heavy atom. The van der Waals surface area contributed by atoms with Gasteiger partial charge in [0, 0.05) is 33.2 Å². The zero-order valence-electron chi connectivity index (χ0n) is 35.5. The Labute approximate surface area is 374 Å².